The van der Waals surface area contributed by atoms with Crippen LogP contribution in [-0.2, 0) is 4.79 Å². The Morgan fingerprint density at radius 3 is 2.62 bits per heavy atom. The highest BCUT2D eigenvalue weighted by atomic mass is 32.2. The molecule has 2 amide bonds. The average molecular weight is 421 g/mol. The predicted octanol–water partition coefficient (Wildman–Crippen LogP) is 3.37. The summed E-state index contributed by atoms with van der Waals surface area (Å²) in [6, 6.07) is 7.42. The number of carbonyl (C=O) groups is 2. The molecule has 0 radical (unpaired) electrons. The minimum Gasteiger partial charge on any atom is -0.395 e. The van der Waals surface area contributed by atoms with E-state index in [4.69, 9.17) is 0 Å². The Hall–Kier alpha value is -2.88. The van der Waals surface area contributed by atoms with E-state index in [9.17, 15) is 18.4 Å². The number of benzene rings is 1. The monoisotopic (exact) mass is 421 g/mol. The largest absolute Gasteiger partial charge is 0.586 e. The van der Waals surface area contributed by atoms with Gasteiger partial charge in [-0.2, -0.15) is 0 Å². The number of carbonyl (C=O) groups excluding carboxylic acids is 2. The first-order chi connectivity index (χ1) is 13.9. The maximum atomic E-state index is 13.0. The van der Waals surface area contributed by atoms with Crippen LogP contribution in [-0.4, -0.2) is 46.8 Å². The van der Waals surface area contributed by atoms with Crippen molar-refractivity contribution in [3.63, 3.8) is 0 Å². The number of amides is 2. The van der Waals surface area contributed by atoms with Gasteiger partial charge in [-0.05, 0) is 37.1 Å². The van der Waals surface area contributed by atoms with Gasteiger partial charge in [-0.25, -0.2) is 4.98 Å². The molecule has 2 aliphatic rings. The lowest BCUT2D eigenvalue weighted by atomic mass is 10.2. The van der Waals surface area contributed by atoms with Crippen LogP contribution in [0, 0.1) is 0 Å². The van der Waals surface area contributed by atoms with Crippen molar-refractivity contribution in [2.45, 2.75) is 24.2 Å². The number of anilines is 1. The van der Waals surface area contributed by atoms with Gasteiger partial charge in [0, 0.05) is 31.0 Å². The quantitative estimate of drug-likeness (QED) is 0.746. The Morgan fingerprint density at radius 2 is 1.90 bits per heavy atom. The van der Waals surface area contributed by atoms with Crippen LogP contribution in [0.15, 0.2) is 41.6 Å². The van der Waals surface area contributed by atoms with Gasteiger partial charge >= 0.3 is 6.29 Å². The number of aromatic nitrogens is 1. The van der Waals surface area contributed by atoms with Gasteiger partial charge in [-0.3, -0.25) is 9.59 Å². The molecule has 0 saturated carbocycles. The van der Waals surface area contributed by atoms with Gasteiger partial charge in [0.15, 0.2) is 11.5 Å². The number of alkyl halides is 2. The average Bonchev–Trinajstić information content (AvgIpc) is 3.32. The lowest BCUT2D eigenvalue weighted by Crippen LogP contribution is -2.27. The van der Waals surface area contributed by atoms with E-state index in [1.54, 1.807) is 17.0 Å². The summed E-state index contributed by atoms with van der Waals surface area (Å²) in [4.78, 5) is 30.5. The number of nitrogens with zero attached hydrogens (tertiary/aromatic N) is 2. The highest BCUT2D eigenvalue weighted by molar-refractivity contribution is 7.99. The van der Waals surface area contributed by atoms with Crippen molar-refractivity contribution >= 4 is 29.3 Å². The fraction of sp³-hybridized carbons (Fsp3) is 0.316. The SMILES string of the molecule is O=C(CSc1ccc(C(=O)N2CCCC2)cn1)Nc1ccc2c(c1)OC(F)(F)O2. The van der Waals surface area contributed by atoms with Crippen LogP contribution in [0.1, 0.15) is 23.2 Å². The van der Waals surface area contributed by atoms with Crippen LogP contribution in [0.25, 0.3) is 0 Å². The van der Waals surface area contributed by atoms with Gasteiger partial charge in [-0.1, -0.05) is 11.8 Å². The van der Waals surface area contributed by atoms with Crippen molar-refractivity contribution in [3.05, 3.63) is 42.1 Å². The first kappa shape index (κ1) is 19.4. The molecule has 4 rings (SSSR count). The van der Waals surface area contributed by atoms with Gasteiger partial charge in [0.05, 0.1) is 16.3 Å². The second-order valence-electron chi connectivity index (χ2n) is 6.55. The van der Waals surface area contributed by atoms with Crippen molar-refractivity contribution < 1.29 is 27.8 Å². The molecular formula is C19H17F2N3O4S. The summed E-state index contributed by atoms with van der Waals surface area (Å²) >= 11 is 1.20. The number of thioether (sulfide) groups is 1. The summed E-state index contributed by atoms with van der Waals surface area (Å²) in [6.45, 7) is 1.54. The molecule has 1 aromatic carbocycles. The third kappa shape index (κ3) is 4.58. The first-order valence-electron chi connectivity index (χ1n) is 8.97. The Labute approximate surface area is 169 Å². The van der Waals surface area contributed by atoms with Crippen LogP contribution in [0.5, 0.6) is 11.5 Å². The minimum absolute atomic E-state index is 0.0299. The number of hydrogen-bond acceptors (Lipinski definition) is 6. The molecule has 0 unspecified atom stereocenters. The lowest BCUT2D eigenvalue weighted by Gasteiger charge is -2.14. The molecule has 0 aliphatic carbocycles. The molecule has 2 aliphatic heterocycles. The summed E-state index contributed by atoms with van der Waals surface area (Å²) in [7, 11) is 0. The molecular weight excluding hydrogens is 404 g/mol. The summed E-state index contributed by atoms with van der Waals surface area (Å²) in [5, 5.41) is 3.21. The van der Waals surface area contributed by atoms with Crippen molar-refractivity contribution in [3.8, 4) is 11.5 Å². The van der Waals surface area contributed by atoms with Crippen LogP contribution < -0.4 is 14.8 Å². The normalized spacial score (nSPS) is 16.7. The van der Waals surface area contributed by atoms with Crippen LogP contribution in [0.2, 0.25) is 0 Å². The summed E-state index contributed by atoms with van der Waals surface area (Å²) < 4.78 is 34.8. The minimum atomic E-state index is -3.70. The van der Waals surface area contributed by atoms with E-state index in [0.29, 0.717) is 16.3 Å². The van der Waals surface area contributed by atoms with Gasteiger partial charge in [0.25, 0.3) is 5.91 Å². The number of ether oxygens (including phenoxy) is 2. The van der Waals surface area contributed by atoms with E-state index in [-0.39, 0.29) is 29.1 Å². The van der Waals surface area contributed by atoms with E-state index in [2.05, 4.69) is 19.8 Å². The zero-order valence-corrected chi connectivity index (χ0v) is 16.0. The fourth-order valence-corrected chi connectivity index (χ4v) is 3.70. The molecule has 0 spiro atoms. The van der Waals surface area contributed by atoms with E-state index < -0.39 is 6.29 Å². The molecule has 1 aromatic heterocycles. The van der Waals surface area contributed by atoms with Crippen LogP contribution >= 0.6 is 11.8 Å². The molecule has 1 N–H and O–H groups in total. The van der Waals surface area contributed by atoms with Crippen molar-refractivity contribution in [2.24, 2.45) is 0 Å². The van der Waals surface area contributed by atoms with Gasteiger partial charge in [0.1, 0.15) is 0 Å². The summed E-state index contributed by atoms with van der Waals surface area (Å²) in [5.41, 5.74) is 0.841. The lowest BCUT2D eigenvalue weighted by molar-refractivity contribution is -0.286. The Bertz CT molecular complexity index is 934. The number of halogens is 2. The number of rotatable bonds is 5. The van der Waals surface area contributed by atoms with E-state index in [1.165, 1.54) is 36.2 Å². The topological polar surface area (TPSA) is 80.8 Å². The molecule has 3 heterocycles. The molecule has 2 aromatic rings. The molecule has 0 atom stereocenters. The second kappa shape index (κ2) is 7.86. The Morgan fingerprint density at radius 1 is 1.14 bits per heavy atom. The Kier molecular flexibility index (Phi) is 5.27. The molecule has 1 saturated heterocycles. The van der Waals surface area contributed by atoms with E-state index >= 15 is 0 Å². The fourth-order valence-electron chi connectivity index (χ4n) is 3.06. The second-order valence-corrected chi connectivity index (χ2v) is 7.55. The number of likely N-dealkylation sites (tertiary alicyclic amines) is 1. The van der Waals surface area contributed by atoms with Crippen molar-refractivity contribution in [1.29, 1.82) is 0 Å². The summed E-state index contributed by atoms with van der Waals surface area (Å²) in [6.07, 6.45) is -0.143. The maximum absolute atomic E-state index is 13.0. The molecule has 152 valence electrons. The van der Waals surface area contributed by atoms with Crippen molar-refractivity contribution in [2.75, 3.05) is 24.2 Å². The van der Waals surface area contributed by atoms with Crippen LogP contribution in [0.3, 0.4) is 0 Å². The highest BCUT2D eigenvalue weighted by Crippen LogP contribution is 2.42. The number of hydrogen-bond donors (Lipinski definition) is 1. The molecule has 29 heavy (non-hydrogen) atoms. The third-order valence-corrected chi connectivity index (χ3v) is 5.36. The Balaban J connectivity index is 1.29. The first-order valence-corrected chi connectivity index (χ1v) is 9.96. The third-order valence-electron chi connectivity index (χ3n) is 4.41. The van der Waals surface area contributed by atoms with Crippen LogP contribution in [0.4, 0.5) is 14.5 Å². The highest BCUT2D eigenvalue weighted by Gasteiger charge is 2.43. The summed E-state index contributed by atoms with van der Waals surface area (Å²) in [5.74, 6) is -0.523. The van der Waals surface area contributed by atoms with Gasteiger partial charge < -0.3 is 19.7 Å². The molecule has 7 nitrogen and oxygen atoms in total. The predicted molar refractivity (Wildman–Crippen MR) is 101 cm³/mol. The number of nitrogens with one attached hydrogen (secondary N) is 1. The van der Waals surface area contributed by atoms with Gasteiger partial charge in [0.2, 0.25) is 5.91 Å². The maximum Gasteiger partial charge on any atom is 0.586 e. The van der Waals surface area contributed by atoms with Crippen molar-refractivity contribution in [1.82, 2.24) is 9.88 Å². The smallest absolute Gasteiger partial charge is 0.395 e. The number of pyridine rings is 1. The zero-order chi connectivity index (χ0) is 20.4. The molecule has 0 bridgehead atoms. The zero-order valence-electron chi connectivity index (χ0n) is 15.2. The number of fused-ring (bicyclic) bond motifs is 1. The standard InChI is InChI=1S/C19H17F2N3O4S/c20-19(21)27-14-5-4-13(9-15(14)28-19)23-16(25)11-29-17-6-3-12(10-22-17)18(26)24-7-1-2-8-24/h3-6,9-10H,1-2,7-8,11H2,(H,23,25). The molecule has 10 heteroatoms. The van der Waals surface area contributed by atoms with E-state index in [0.717, 1.165) is 25.9 Å². The van der Waals surface area contributed by atoms with E-state index in [1.807, 2.05) is 0 Å². The molecule has 1 fully saturated rings. The van der Waals surface area contributed by atoms with Gasteiger partial charge in [-0.15, -0.1) is 8.78 Å².